The molecule has 1 saturated heterocycles. The number of hydrogen-bond acceptors (Lipinski definition) is 5. The molecular weight excluding hydrogens is 460 g/mol. The van der Waals surface area contributed by atoms with Crippen LogP contribution in [0.25, 0.3) is 0 Å². The van der Waals surface area contributed by atoms with Gasteiger partial charge in [-0.1, -0.05) is 39.0 Å². The second kappa shape index (κ2) is 8.65. The number of carbonyl (C=O) groups excluding carboxylic acids is 4. The largest absolute Gasteiger partial charge is 0.478 e. The quantitative estimate of drug-likeness (QED) is 0.557. The van der Waals surface area contributed by atoms with Crippen LogP contribution in [-0.2, 0) is 27.2 Å². The molecule has 1 spiro atoms. The van der Waals surface area contributed by atoms with Gasteiger partial charge >= 0.3 is 6.03 Å². The van der Waals surface area contributed by atoms with Gasteiger partial charge in [-0.05, 0) is 53.6 Å². The van der Waals surface area contributed by atoms with Gasteiger partial charge in [0.2, 0.25) is 5.91 Å². The van der Waals surface area contributed by atoms with Crippen LogP contribution in [-0.4, -0.2) is 41.9 Å². The van der Waals surface area contributed by atoms with E-state index in [1.807, 2.05) is 30.3 Å². The Hall–Kier alpha value is -3.88. The first-order valence-electron chi connectivity index (χ1n) is 12.2. The van der Waals surface area contributed by atoms with E-state index >= 15 is 0 Å². The van der Waals surface area contributed by atoms with Crippen molar-refractivity contribution >= 4 is 35.1 Å². The molecule has 2 atom stereocenters. The maximum Gasteiger partial charge on any atom is 0.322 e. The van der Waals surface area contributed by atoms with E-state index in [2.05, 4.69) is 36.7 Å². The number of urea groups is 1. The van der Waals surface area contributed by atoms with Gasteiger partial charge in [-0.3, -0.25) is 24.6 Å². The number of carbonyl (C=O) groups is 4. The summed E-state index contributed by atoms with van der Waals surface area (Å²) in [5.74, 6) is -0.315. The van der Waals surface area contributed by atoms with Crippen molar-refractivity contribution in [3.8, 4) is 5.75 Å². The molecule has 36 heavy (non-hydrogen) atoms. The summed E-state index contributed by atoms with van der Waals surface area (Å²) in [7, 11) is 0. The Morgan fingerprint density at radius 2 is 1.86 bits per heavy atom. The van der Waals surface area contributed by atoms with Gasteiger partial charge < -0.3 is 15.4 Å². The third-order valence-corrected chi connectivity index (χ3v) is 6.91. The van der Waals surface area contributed by atoms with Crippen molar-refractivity contribution < 1.29 is 23.9 Å². The fourth-order valence-electron chi connectivity index (χ4n) is 5.06. The molecule has 0 saturated carbocycles. The molecule has 0 radical (unpaired) electrons. The summed E-state index contributed by atoms with van der Waals surface area (Å²) < 4.78 is 6.00. The summed E-state index contributed by atoms with van der Waals surface area (Å²) >= 11 is 0. The van der Waals surface area contributed by atoms with Gasteiger partial charge in [0.15, 0.2) is 6.10 Å². The van der Waals surface area contributed by atoms with Gasteiger partial charge in [-0.15, -0.1) is 0 Å². The fraction of sp³-hybridized carbons (Fsp3) is 0.407. The van der Waals surface area contributed by atoms with E-state index in [0.717, 1.165) is 17.5 Å². The molecule has 1 aliphatic carbocycles. The van der Waals surface area contributed by atoms with Gasteiger partial charge in [0.1, 0.15) is 17.8 Å². The van der Waals surface area contributed by atoms with Crippen molar-refractivity contribution in [2.24, 2.45) is 5.41 Å². The smallest absolute Gasteiger partial charge is 0.322 e. The lowest BCUT2D eigenvalue weighted by Crippen LogP contribution is -2.49. The topological polar surface area (TPSA) is 117 Å². The van der Waals surface area contributed by atoms with Crippen LogP contribution in [0.3, 0.4) is 0 Å². The molecule has 5 amide bonds. The van der Waals surface area contributed by atoms with Gasteiger partial charge in [0, 0.05) is 18.5 Å². The highest BCUT2D eigenvalue weighted by Gasteiger charge is 2.50. The van der Waals surface area contributed by atoms with E-state index in [9.17, 15) is 19.2 Å². The van der Waals surface area contributed by atoms with Crippen molar-refractivity contribution in [2.45, 2.75) is 58.1 Å². The summed E-state index contributed by atoms with van der Waals surface area (Å²) in [6.07, 6.45) is 1.49. The average molecular weight is 491 g/mol. The van der Waals surface area contributed by atoms with E-state index in [-0.39, 0.29) is 29.7 Å². The van der Waals surface area contributed by atoms with Crippen LogP contribution < -0.4 is 25.6 Å². The Morgan fingerprint density at radius 3 is 2.58 bits per heavy atom. The zero-order valence-corrected chi connectivity index (χ0v) is 20.6. The molecule has 3 aliphatic rings. The highest BCUT2D eigenvalue weighted by atomic mass is 16.5. The van der Waals surface area contributed by atoms with Gasteiger partial charge in [-0.25, -0.2) is 4.79 Å². The second-order valence-electron chi connectivity index (χ2n) is 11.0. The van der Waals surface area contributed by atoms with Crippen molar-refractivity contribution in [1.29, 1.82) is 0 Å². The predicted molar refractivity (Wildman–Crippen MR) is 134 cm³/mol. The van der Waals surface area contributed by atoms with Crippen LogP contribution in [0.15, 0.2) is 42.5 Å². The Balaban J connectivity index is 1.29. The molecule has 3 N–H and O–H groups in total. The molecule has 2 aliphatic heterocycles. The molecule has 2 aromatic rings. The number of imide groups is 1. The summed E-state index contributed by atoms with van der Waals surface area (Å²) in [5, 5.41) is 7.92. The van der Waals surface area contributed by atoms with Crippen LogP contribution >= 0.6 is 0 Å². The molecule has 1 fully saturated rings. The number of amides is 5. The first-order valence-corrected chi connectivity index (χ1v) is 12.2. The lowest BCUT2D eigenvalue weighted by molar-refractivity contribution is -0.128. The molecule has 9 nitrogen and oxygen atoms in total. The third kappa shape index (κ3) is 4.53. The number of fused-ring (bicyclic) bond motifs is 2. The molecular formula is C27H30N4O5. The lowest BCUT2D eigenvalue weighted by Gasteiger charge is -2.35. The predicted octanol–water partition coefficient (Wildman–Crippen LogP) is 2.92. The number of nitrogens with one attached hydrogen (secondary N) is 3. The van der Waals surface area contributed by atoms with Crippen LogP contribution in [0.1, 0.15) is 44.7 Å². The van der Waals surface area contributed by atoms with Crippen LogP contribution in [0.4, 0.5) is 16.2 Å². The fourth-order valence-corrected chi connectivity index (χ4v) is 5.06. The number of ether oxygens (including phenoxy) is 1. The van der Waals surface area contributed by atoms with E-state index in [1.165, 1.54) is 4.90 Å². The van der Waals surface area contributed by atoms with E-state index in [1.54, 1.807) is 12.1 Å². The number of para-hydroxylation sites is 2. The minimum atomic E-state index is -0.964. The molecule has 0 bridgehead atoms. The summed E-state index contributed by atoms with van der Waals surface area (Å²) in [6.45, 7) is 6.20. The zero-order chi connectivity index (χ0) is 25.7. The SMILES string of the molecule is CC(C)(C)CCC1Oc2ccccc2N(CC(=O)Nc2ccc3c(c2)CC2(C3)NC(=O)NC2=O)C1=O. The Bertz CT molecular complexity index is 1270. The number of nitrogens with zero attached hydrogens (tertiary/aromatic N) is 1. The first-order chi connectivity index (χ1) is 17.0. The van der Waals surface area contributed by atoms with Gasteiger partial charge in [-0.2, -0.15) is 0 Å². The molecule has 5 rings (SSSR count). The van der Waals surface area contributed by atoms with E-state index in [4.69, 9.17) is 4.74 Å². The second-order valence-corrected chi connectivity index (χ2v) is 11.0. The van der Waals surface area contributed by atoms with Crippen LogP contribution in [0.2, 0.25) is 0 Å². The Kier molecular flexibility index (Phi) is 5.73. The molecule has 188 valence electrons. The van der Waals surface area contributed by atoms with Crippen LogP contribution in [0.5, 0.6) is 5.75 Å². The van der Waals surface area contributed by atoms with Crippen molar-refractivity contribution in [3.05, 3.63) is 53.6 Å². The lowest BCUT2D eigenvalue weighted by atomic mass is 9.89. The van der Waals surface area contributed by atoms with Gasteiger partial charge in [0.25, 0.3) is 11.8 Å². The van der Waals surface area contributed by atoms with Crippen LogP contribution in [0, 0.1) is 5.41 Å². The number of anilines is 2. The van der Waals surface area contributed by atoms with Crippen molar-refractivity contribution in [1.82, 2.24) is 10.6 Å². The normalized spacial score (nSPS) is 22.6. The molecule has 2 heterocycles. The molecule has 9 heteroatoms. The maximum absolute atomic E-state index is 13.3. The van der Waals surface area contributed by atoms with Crippen molar-refractivity contribution in [2.75, 3.05) is 16.8 Å². The molecule has 2 unspecified atom stereocenters. The minimum absolute atomic E-state index is 0.0525. The highest BCUT2D eigenvalue weighted by molar-refractivity contribution is 6.08. The number of benzene rings is 2. The number of rotatable bonds is 5. The average Bonchev–Trinajstić information content (AvgIpc) is 3.30. The number of hydrogen-bond donors (Lipinski definition) is 3. The van der Waals surface area contributed by atoms with Gasteiger partial charge in [0.05, 0.1) is 5.69 Å². The summed E-state index contributed by atoms with van der Waals surface area (Å²) in [4.78, 5) is 51.8. The third-order valence-electron chi connectivity index (χ3n) is 6.91. The Morgan fingerprint density at radius 1 is 1.11 bits per heavy atom. The highest BCUT2D eigenvalue weighted by Crippen LogP contribution is 2.36. The molecule has 2 aromatic carbocycles. The standard InChI is InChI=1S/C27H30N4O5/c1-26(2,3)11-10-21-23(33)31(19-6-4-5-7-20(19)36-21)15-22(32)28-18-9-8-16-13-27(14-17(16)12-18)24(34)29-25(35)30-27/h4-9,12,21H,10-11,13-15H2,1-3H3,(H,28,32)(H2,29,30,34,35). The summed E-state index contributed by atoms with van der Waals surface area (Å²) in [6, 6.07) is 12.2. The van der Waals surface area contributed by atoms with E-state index < -0.39 is 17.7 Å². The first kappa shape index (κ1) is 23.8. The van der Waals surface area contributed by atoms with Crippen molar-refractivity contribution in [3.63, 3.8) is 0 Å². The van der Waals surface area contributed by atoms with E-state index in [0.29, 0.717) is 36.4 Å². The molecule has 0 aromatic heterocycles. The monoisotopic (exact) mass is 490 g/mol. The maximum atomic E-state index is 13.3. The zero-order valence-electron chi connectivity index (χ0n) is 20.6. The minimum Gasteiger partial charge on any atom is -0.478 e. The summed E-state index contributed by atoms with van der Waals surface area (Å²) in [5.41, 5.74) is 2.07. The Labute approximate surface area is 209 Å².